The van der Waals surface area contributed by atoms with Gasteiger partial charge in [-0.1, -0.05) is 0 Å². The van der Waals surface area contributed by atoms with Crippen molar-refractivity contribution < 1.29 is 4.74 Å². The molecule has 2 atom stereocenters. The van der Waals surface area contributed by atoms with Crippen LogP contribution in [0, 0.1) is 5.92 Å². The van der Waals surface area contributed by atoms with E-state index in [1.54, 1.807) is 0 Å². The standard InChI is InChI=1S/C7H13NO.ClH/c1-3-8-5-7-6(1)2-4-9-7;/h6-8H,1-5H2;1H. The van der Waals surface area contributed by atoms with Gasteiger partial charge in [-0.25, -0.2) is 0 Å². The van der Waals surface area contributed by atoms with Gasteiger partial charge in [-0.05, 0) is 25.3 Å². The van der Waals surface area contributed by atoms with Crippen LogP contribution in [0.25, 0.3) is 0 Å². The third-order valence-corrected chi connectivity index (χ3v) is 2.38. The van der Waals surface area contributed by atoms with E-state index in [2.05, 4.69) is 5.32 Å². The highest BCUT2D eigenvalue weighted by Crippen LogP contribution is 2.25. The quantitative estimate of drug-likeness (QED) is 0.571. The van der Waals surface area contributed by atoms with Crippen LogP contribution in [-0.4, -0.2) is 25.8 Å². The summed E-state index contributed by atoms with van der Waals surface area (Å²) in [7, 11) is 0. The molecule has 0 saturated carbocycles. The van der Waals surface area contributed by atoms with E-state index in [0.717, 1.165) is 19.1 Å². The summed E-state index contributed by atoms with van der Waals surface area (Å²) in [6.45, 7) is 3.28. The van der Waals surface area contributed by atoms with Crippen molar-refractivity contribution in [3.05, 3.63) is 0 Å². The lowest BCUT2D eigenvalue weighted by Crippen LogP contribution is -2.38. The molecule has 2 nitrogen and oxygen atoms in total. The van der Waals surface area contributed by atoms with Crippen molar-refractivity contribution >= 4 is 12.4 Å². The smallest absolute Gasteiger partial charge is 0.0728 e. The van der Waals surface area contributed by atoms with Gasteiger partial charge in [0.25, 0.3) is 0 Å². The fourth-order valence-corrected chi connectivity index (χ4v) is 1.78. The molecule has 2 heterocycles. The van der Waals surface area contributed by atoms with Gasteiger partial charge in [-0.2, -0.15) is 0 Å². The lowest BCUT2D eigenvalue weighted by Gasteiger charge is -2.24. The number of rotatable bonds is 0. The molecule has 0 amide bonds. The van der Waals surface area contributed by atoms with Crippen LogP contribution in [0.15, 0.2) is 0 Å². The van der Waals surface area contributed by atoms with Crippen LogP contribution in [-0.2, 0) is 4.74 Å². The number of hydrogen-bond donors (Lipinski definition) is 1. The highest BCUT2D eigenvalue weighted by atomic mass is 35.5. The topological polar surface area (TPSA) is 21.3 Å². The maximum Gasteiger partial charge on any atom is 0.0728 e. The highest BCUT2D eigenvalue weighted by Gasteiger charge is 2.29. The molecule has 2 rings (SSSR count). The van der Waals surface area contributed by atoms with E-state index in [4.69, 9.17) is 4.74 Å². The molecular formula is C7H14ClNO. The highest BCUT2D eigenvalue weighted by molar-refractivity contribution is 5.85. The summed E-state index contributed by atoms with van der Waals surface area (Å²) < 4.78 is 5.49. The molecular weight excluding hydrogens is 150 g/mol. The van der Waals surface area contributed by atoms with E-state index < -0.39 is 0 Å². The molecule has 0 spiro atoms. The average Bonchev–Trinajstić information content (AvgIpc) is 2.33. The zero-order valence-electron chi connectivity index (χ0n) is 6.01. The van der Waals surface area contributed by atoms with Crippen molar-refractivity contribution in [3.8, 4) is 0 Å². The molecule has 0 radical (unpaired) electrons. The summed E-state index contributed by atoms with van der Waals surface area (Å²) in [6.07, 6.45) is 3.18. The first-order valence-corrected chi connectivity index (χ1v) is 3.79. The van der Waals surface area contributed by atoms with Gasteiger partial charge >= 0.3 is 0 Å². The van der Waals surface area contributed by atoms with Gasteiger partial charge in [-0.3, -0.25) is 0 Å². The Kier molecular flexibility index (Phi) is 2.96. The molecule has 60 valence electrons. The van der Waals surface area contributed by atoms with Gasteiger partial charge < -0.3 is 10.1 Å². The molecule has 2 aliphatic heterocycles. The van der Waals surface area contributed by atoms with Gasteiger partial charge in [-0.15, -0.1) is 12.4 Å². The molecule has 2 unspecified atom stereocenters. The second-order valence-electron chi connectivity index (χ2n) is 2.95. The SMILES string of the molecule is C1CC2CCOC2CN1.Cl. The second kappa shape index (κ2) is 3.56. The normalized spacial score (nSPS) is 38.4. The summed E-state index contributed by atoms with van der Waals surface area (Å²) in [5.41, 5.74) is 0. The Hall–Kier alpha value is 0.210. The molecule has 0 bridgehead atoms. The Labute approximate surface area is 67.7 Å². The summed E-state index contributed by atoms with van der Waals surface area (Å²) >= 11 is 0. The summed E-state index contributed by atoms with van der Waals surface area (Å²) in [4.78, 5) is 0. The Morgan fingerprint density at radius 3 is 3.00 bits per heavy atom. The first kappa shape index (κ1) is 8.31. The lowest BCUT2D eigenvalue weighted by molar-refractivity contribution is 0.0763. The first-order valence-electron chi connectivity index (χ1n) is 3.79. The monoisotopic (exact) mass is 163 g/mol. The second-order valence-corrected chi connectivity index (χ2v) is 2.95. The minimum atomic E-state index is 0. The summed E-state index contributed by atoms with van der Waals surface area (Å²) in [5, 5.41) is 3.33. The molecule has 2 fully saturated rings. The summed E-state index contributed by atoms with van der Waals surface area (Å²) in [6, 6.07) is 0. The Balaban J connectivity index is 0.000000500. The molecule has 0 aliphatic carbocycles. The van der Waals surface area contributed by atoms with Crippen LogP contribution < -0.4 is 5.32 Å². The van der Waals surface area contributed by atoms with Gasteiger partial charge in [0, 0.05) is 13.2 Å². The molecule has 2 saturated heterocycles. The molecule has 0 aromatic rings. The maximum atomic E-state index is 5.49. The van der Waals surface area contributed by atoms with Gasteiger partial charge in [0.2, 0.25) is 0 Å². The van der Waals surface area contributed by atoms with Crippen molar-refractivity contribution in [2.24, 2.45) is 5.92 Å². The minimum absolute atomic E-state index is 0. The van der Waals surface area contributed by atoms with Gasteiger partial charge in [0.05, 0.1) is 6.10 Å². The fourth-order valence-electron chi connectivity index (χ4n) is 1.78. The third-order valence-electron chi connectivity index (χ3n) is 2.38. The molecule has 0 aromatic heterocycles. The van der Waals surface area contributed by atoms with Gasteiger partial charge in [0.15, 0.2) is 0 Å². The van der Waals surface area contributed by atoms with Crippen LogP contribution in [0.3, 0.4) is 0 Å². The first-order chi connectivity index (χ1) is 4.47. The number of hydrogen-bond acceptors (Lipinski definition) is 2. The van der Waals surface area contributed by atoms with Crippen LogP contribution in [0.4, 0.5) is 0 Å². The van der Waals surface area contributed by atoms with Crippen molar-refractivity contribution in [2.75, 3.05) is 19.7 Å². The third kappa shape index (κ3) is 1.44. The number of nitrogens with one attached hydrogen (secondary N) is 1. The van der Waals surface area contributed by atoms with Crippen molar-refractivity contribution in [2.45, 2.75) is 18.9 Å². The Morgan fingerprint density at radius 2 is 2.20 bits per heavy atom. The molecule has 2 aliphatic rings. The van der Waals surface area contributed by atoms with E-state index in [1.807, 2.05) is 0 Å². The van der Waals surface area contributed by atoms with Crippen molar-refractivity contribution in [1.29, 1.82) is 0 Å². The predicted molar refractivity (Wildman–Crippen MR) is 42.6 cm³/mol. The zero-order chi connectivity index (χ0) is 6.10. The largest absolute Gasteiger partial charge is 0.377 e. The zero-order valence-corrected chi connectivity index (χ0v) is 6.82. The maximum absolute atomic E-state index is 5.49. The Morgan fingerprint density at radius 1 is 1.30 bits per heavy atom. The number of fused-ring (bicyclic) bond motifs is 1. The van der Waals surface area contributed by atoms with Crippen LogP contribution in [0.2, 0.25) is 0 Å². The van der Waals surface area contributed by atoms with E-state index in [-0.39, 0.29) is 12.4 Å². The summed E-state index contributed by atoms with van der Waals surface area (Å²) in [5.74, 6) is 0.881. The van der Waals surface area contributed by atoms with Gasteiger partial charge in [0.1, 0.15) is 0 Å². The number of ether oxygens (including phenoxy) is 1. The molecule has 0 aromatic carbocycles. The van der Waals surface area contributed by atoms with E-state index in [0.29, 0.717) is 6.10 Å². The number of halogens is 1. The Bertz CT molecular complexity index is 97.8. The molecule has 10 heavy (non-hydrogen) atoms. The predicted octanol–water partition coefficient (Wildman–Crippen LogP) is 0.807. The molecule has 1 N–H and O–H groups in total. The molecule has 3 heteroatoms. The van der Waals surface area contributed by atoms with Crippen molar-refractivity contribution in [1.82, 2.24) is 5.32 Å². The lowest BCUT2D eigenvalue weighted by atomic mass is 9.95. The average molecular weight is 164 g/mol. The minimum Gasteiger partial charge on any atom is -0.377 e. The number of piperidine rings is 1. The van der Waals surface area contributed by atoms with E-state index in [9.17, 15) is 0 Å². The van der Waals surface area contributed by atoms with E-state index >= 15 is 0 Å². The van der Waals surface area contributed by atoms with Crippen LogP contribution in [0.1, 0.15) is 12.8 Å². The fraction of sp³-hybridized carbons (Fsp3) is 1.00. The van der Waals surface area contributed by atoms with Crippen molar-refractivity contribution in [3.63, 3.8) is 0 Å². The van der Waals surface area contributed by atoms with Crippen LogP contribution in [0.5, 0.6) is 0 Å². The van der Waals surface area contributed by atoms with Crippen LogP contribution >= 0.6 is 12.4 Å². The van der Waals surface area contributed by atoms with E-state index in [1.165, 1.54) is 19.4 Å².